The molecule has 0 radical (unpaired) electrons. The molecule has 0 amide bonds. The first-order chi connectivity index (χ1) is 11.8. The van der Waals surface area contributed by atoms with Gasteiger partial charge in [0, 0.05) is 23.6 Å². The lowest BCUT2D eigenvalue weighted by Gasteiger charge is -2.33. The minimum Gasteiger partial charge on any atom is -0.486 e. The standard InChI is InChI=1S/C19H27BrN2O2/c20-17-12-19-18(23-9-10-24-19)11-15(17)13-22-8-4-5-16(22)14-21-6-2-1-3-7-21/h11-12,16H,1-10,13-14H2. The van der Waals surface area contributed by atoms with Crippen molar-refractivity contribution in [3.8, 4) is 11.5 Å². The van der Waals surface area contributed by atoms with Gasteiger partial charge in [-0.3, -0.25) is 4.90 Å². The summed E-state index contributed by atoms with van der Waals surface area (Å²) in [7, 11) is 0. The Labute approximate surface area is 153 Å². The summed E-state index contributed by atoms with van der Waals surface area (Å²) in [5.41, 5.74) is 1.31. The van der Waals surface area contributed by atoms with Crippen LogP contribution in [0.4, 0.5) is 0 Å². The molecule has 1 atom stereocenters. The monoisotopic (exact) mass is 394 g/mol. The molecule has 2 fully saturated rings. The molecular weight excluding hydrogens is 368 g/mol. The normalized spacial score (nSPS) is 25.1. The summed E-state index contributed by atoms with van der Waals surface area (Å²) in [5.74, 6) is 1.76. The summed E-state index contributed by atoms with van der Waals surface area (Å²) < 4.78 is 12.6. The Balaban J connectivity index is 1.43. The van der Waals surface area contributed by atoms with E-state index in [1.54, 1.807) is 0 Å². The van der Waals surface area contributed by atoms with Crippen molar-refractivity contribution in [3.05, 3.63) is 22.2 Å². The maximum Gasteiger partial charge on any atom is 0.162 e. The SMILES string of the molecule is Brc1cc2c(cc1CN1CCCC1CN1CCCCC1)OCCO2. The summed E-state index contributed by atoms with van der Waals surface area (Å²) in [6.07, 6.45) is 6.81. The van der Waals surface area contributed by atoms with Crippen molar-refractivity contribution < 1.29 is 9.47 Å². The fourth-order valence-corrected chi connectivity index (χ4v) is 4.64. The van der Waals surface area contributed by atoms with Crippen LogP contribution >= 0.6 is 15.9 Å². The number of benzene rings is 1. The van der Waals surface area contributed by atoms with Crippen LogP contribution in [0, 0.1) is 0 Å². The second kappa shape index (κ2) is 7.63. The number of hydrogen-bond donors (Lipinski definition) is 0. The van der Waals surface area contributed by atoms with Gasteiger partial charge in [-0.15, -0.1) is 0 Å². The number of fused-ring (bicyclic) bond motifs is 1. The van der Waals surface area contributed by atoms with Crippen molar-refractivity contribution in [3.63, 3.8) is 0 Å². The van der Waals surface area contributed by atoms with Gasteiger partial charge in [0.25, 0.3) is 0 Å². The average molecular weight is 395 g/mol. The van der Waals surface area contributed by atoms with Crippen LogP contribution in [-0.4, -0.2) is 55.2 Å². The molecule has 5 heteroatoms. The van der Waals surface area contributed by atoms with Crippen LogP contribution in [-0.2, 0) is 6.54 Å². The Morgan fingerprint density at radius 2 is 1.71 bits per heavy atom. The topological polar surface area (TPSA) is 24.9 Å². The van der Waals surface area contributed by atoms with Crippen molar-refractivity contribution in [1.82, 2.24) is 9.80 Å². The lowest BCUT2D eigenvalue weighted by Crippen LogP contribution is -2.42. The third-order valence-electron chi connectivity index (χ3n) is 5.50. The van der Waals surface area contributed by atoms with Crippen molar-refractivity contribution in [2.45, 2.75) is 44.7 Å². The van der Waals surface area contributed by atoms with Crippen LogP contribution in [0.2, 0.25) is 0 Å². The smallest absolute Gasteiger partial charge is 0.162 e. The van der Waals surface area contributed by atoms with Crippen molar-refractivity contribution in [1.29, 1.82) is 0 Å². The lowest BCUT2D eigenvalue weighted by molar-refractivity contribution is 0.148. The molecular formula is C19H27BrN2O2. The number of nitrogens with zero attached hydrogens (tertiary/aromatic N) is 2. The zero-order valence-electron chi connectivity index (χ0n) is 14.3. The molecule has 0 bridgehead atoms. The van der Waals surface area contributed by atoms with Gasteiger partial charge in [0.2, 0.25) is 0 Å². The van der Waals surface area contributed by atoms with Crippen LogP contribution in [0.1, 0.15) is 37.7 Å². The number of rotatable bonds is 4. The quantitative estimate of drug-likeness (QED) is 0.777. The second-order valence-corrected chi connectivity index (χ2v) is 8.07. The fraction of sp³-hybridized carbons (Fsp3) is 0.684. The van der Waals surface area contributed by atoms with Crippen molar-refractivity contribution in [2.75, 3.05) is 39.4 Å². The Morgan fingerprint density at radius 1 is 0.958 bits per heavy atom. The van der Waals surface area contributed by atoms with E-state index in [0.29, 0.717) is 19.3 Å². The van der Waals surface area contributed by atoms with E-state index in [1.165, 1.54) is 63.8 Å². The molecule has 1 aromatic carbocycles. The number of piperidine rings is 1. The number of likely N-dealkylation sites (tertiary alicyclic amines) is 2. The third kappa shape index (κ3) is 3.73. The minimum atomic E-state index is 0.642. The summed E-state index contributed by atoms with van der Waals surface area (Å²) in [4.78, 5) is 5.33. The van der Waals surface area contributed by atoms with E-state index in [-0.39, 0.29) is 0 Å². The van der Waals surface area contributed by atoms with Gasteiger partial charge in [-0.05, 0) is 63.0 Å². The van der Waals surface area contributed by atoms with Gasteiger partial charge in [0.05, 0.1) is 0 Å². The Bertz CT molecular complexity index is 575. The molecule has 1 aromatic rings. The van der Waals surface area contributed by atoms with Gasteiger partial charge in [-0.1, -0.05) is 22.4 Å². The van der Waals surface area contributed by atoms with Gasteiger partial charge < -0.3 is 14.4 Å². The predicted octanol–water partition coefficient (Wildman–Crippen LogP) is 3.67. The van der Waals surface area contributed by atoms with Gasteiger partial charge in [-0.25, -0.2) is 0 Å². The maximum absolute atomic E-state index is 5.76. The van der Waals surface area contributed by atoms with Gasteiger partial charge in [0.15, 0.2) is 11.5 Å². The highest BCUT2D eigenvalue weighted by Crippen LogP contribution is 2.36. The maximum atomic E-state index is 5.76. The molecule has 132 valence electrons. The van der Waals surface area contributed by atoms with Crippen LogP contribution in [0.15, 0.2) is 16.6 Å². The van der Waals surface area contributed by atoms with Crippen LogP contribution in [0.5, 0.6) is 11.5 Å². The minimum absolute atomic E-state index is 0.642. The largest absolute Gasteiger partial charge is 0.486 e. The van der Waals surface area contributed by atoms with E-state index in [9.17, 15) is 0 Å². The molecule has 1 unspecified atom stereocenters. The Hall–Kier alpha value is -0.780. The van der Waals surface area contributed by atoms with Crippen LogP contribution < -0.4 is 9.47 Å². The number of hydrogen-bond acceptors (Lipinski definition) is 4. The molecule has 0 aliphatic carbocycles. The zero-order chi connectivity index (χ0) is 16.4. The molecule has 2 saturated heterocycles. The molecule has 0 saturated carbocycles. The van der Waals surface area contributed by atoms with Crippen LogP contribution in [0.3, 0.4) is 0 Å². The fourth-order valence-electron chi connectivity index (χ4n) is 4.20. The van der Waals surface area contributed by atoms with E-state index in [4.69, 9.17) is 9.47 Å². The van der Waals surface area contributed by atoms with E-state index in [1.807, 2.05) is 0 Å². The van der Waals surface area contributed by atoms with E-state index >= 15 is 0 Å². The van der Waals surface area contributed by atoms with Gasteiger partial charge in [0.1, 0.15) is 13.2 Å². The van der Waals surface area contributed by atoms with Crippen LogP contribution in [0.25, 0.3) is 0 Å². The highest BCUT2D eigenvalue weighted by molar-refractivity contribution is 9.10. The molecule has 3 heterocycles. The lowest BCUT2D eigenvalue weighted by atomic mass is 10.1. The highest BCUT2D eigenvalue weighted by Gasteiger charge is 2.28. The first kappa shape index (κ1) is 16.7. The molecule has 0 aromatic heterocycles. The molecule has 0 spiro atoms. The molecule has 4 nitrogen and oxygen atoms in total. The van der Waals surface area contributed by atoms with Crippen molar-refractivity contribution >= 4 is 15.9 Å². The summed E-state index contributed by atoms with van der Waals surface area (Å²) in [6.45, 7) is 7.31. The zero-order valence-corrected chi connectivity index (χ0v) is 15.9. The summed E-state index contributed by atoms with van der Waals surface area (Å²) in [6, 6.07) is 4.93. The third-order valence-corrected chi connectivity index (χ3v) is 6.24. The molecule has 0 N–H and O–H groups in total. The van der Waals surface area contributed by atoms with E-state index < -0.39 is 0 Å². The van der Waals surface area contributed by atoms with E-state index in [2.05, 4.69) is 37.9 Å². The van der Waals surface area contributed by atoms with Crippen molar-refractivity contribution in [2.24, 2.45) is 0 Å². The molecule has 24 heavy (non-hydrogen) atoms. The average Bonchev–Trinajstić information content (AvgIpc) is 3.03. The number of ether oxygens (including phenoxy) is 2. The Kier molecular flexibility index (Phi) is 5.30. The molecule has 4 rings (SSSR count). The summed E-state index contributed by atoms with van der Waals surface area (Å²) in [5, 5.41) is 0. The highest BCUT2D eigenvalue weighted by atomic mass is 79.9. The number of halogens is 1. The summed E-state index contributed by atoms with van der Waals surface area (Å²) >= 11 is 3.73. The molecule has 3 aliphatic rings. The predicted molar refractivity (Wildman–Crippen MR) is 98.9 cm³/mol. The molecule has 3 aliphatic heterocycles. The van der Waals surface area contributed by atoms with E-state index in [0.717, 1.165) is 22.5 Å². The first-order valence-electron chi connectivity index (χ1n) is 9.34. The first-order valence-corrected chi connectivity index (χ1v) is 10.1. The van der Waals surface area contributed by atoms with Gasteiger partial charge in [-0.2, -0.15) is 0 Å². The second-order valence-electron chi connectivity index (χ2n) is 7.22. The Morgan fingerprint density at radius 3 is 2.50 bits per heavy atom. The van der Waals surface area contributed by atoms with Gasteiger partial charge >= 0.3 is 0 Å².